The highest BCUT2D eigenvalue weighted by molar-refractivity contribution is 5.73. The van der Waals surface area contributed by atoms with Gasteiger partial charge < -0.3 is 9.80 Å². The van der Waals surface area contributed by atoms with Gasteiger partial charge in [-0.2, -0.15) is 0 Å². The molecule has 6 heteroatoms. The molecular weight excluding hydrogens is 302 g/mol. The molecule has 0 N–H and O–H groups in total. The first-order chi connectivity index (χ1) is 11.6. The fourth-order valence-corrected chi connectivity index (χ4v) is 4.46. The monoisotopic (exact) mass is 329 g/mol. The maximum atomic E-state index is 11.8. The van der Waals surface area contributed by atoms with Crippen molar-refractivity contribution in [2.24, 2.45) is 0 Å². The summed E-state index contributed by atoms with van der Waals surface area (Å²) in [5.74, 6) is 2.15. The first-order valence-electron chi connectivity index (χ1n) is 9.22. The van der Waals surface area contributed by atoms with Gasteiger partial charge >= 0.3 is 0 Å². The van der Waals surface area contributed by atoms with E-state index in [-0.39, 0.29) is 5.91 Å². The zero-order valence-corrected chi connectivity index (χ0v) is 14.8. The van der Waals surface area contributed by atoms with Crippen LogP contribution in [0.2, 0.25) is 0 Å². The maximum Gasteiger partial charge on any atom is 0.219 e. The van der Waals surface area contributed by atoms with Gasteiger partial charge in [-0.05, 0) is 32.7 Å². The van der Waals surface area contributed by atoms with Crippen molar-refractivity contribution in [3.8, 4) is 0 Å². The zero-order valence-electron chi connectivity index (χ0n) is 14.8. The van der Waals surface area contributed by atoms with Crippen molar-refractivity contribution < 1.29 is 4.79 Å². The summed E-state index contributed by atoms with van der Waals surface area (Å²) in [5.41, 5.74) is 2.42. The van der Waals surface area contributed by atoms with Crippen LogP contribution in [0.4, 0.5) is 5.82 Å². The molecule has 6 nitrogen and oxygen atoms in total. The van der Waals surface area contributed by atoms with Gasteiger partial charge in [0.15, 0.2) is 0 Å². The number of hydrogen-bond donors (Lipinski definition) is 0. The number of carbonyl (C=O) groups is 1. The first-order valence-corrected chi connectivity index (χ1v) is 9.22. The van der Waals surface area contributed by atoms with Crippen LogP contribution in [0.1, 0.15) is 36.8 Å². The van der Waals surface area contributed by atoms with E-state index in [1.54, 1.807) is 6.92 Å². The minimum absolute atomic E-state index is 0.161. The van der Waals surface area contributed by atoms with Gasteiger partial charge in [0.2, 0.25) is 5.91 Å². The Bertz CT molecular complexity index is 647. The van der Waals surface area contributed by atoms with Crippen molar-refractivity contribution in [1.82, 2.24) is 19.8 Å². The van der Waals surface area contributed by atoms with Crippen LogP contribution in [0.3, 0.4) is 0 Å². The summed E-state index contributed by atoms with van der Waals surface area (Å²) in [6, 6.07) is 0.684. The van der Waals surface area contributed by atoms with E-state index >= 15 is 0 Å². The quantitative estimate of drug-likeness (QED) is 0.770. The van der Waals surface area contributed by atoms with Gasteiger partial charge in [-0.15, -0.1) is 0 Å². The highest BCUT2D eigenvalue weighted by atomic mass is 16.2. The Balaban J connectivity index is 1.62. The summed E-state index contributed by atoms with van der Waals surface area (Å²) >= 11 is 0. The van der Waals surface area contributed by atoms with Crippen molar-refractivity contribution in [3.05, 3.63) is 17.1 Å². The average molecular weight is 329 g/mol. The van der Waals surface area contributed by atoms with Gasteiger partial charge in [-0.1, -0.05) is 0 Å². The molecular formula is C18H27N5O. The lowest BCUT2D eigenvalue weighted by molar-refractivity contribution is -0.128. The first kappa shape index (κ1) is 15.8. The standard InChI is InChI=1S/C18H27N5O/c1-13-19-17-6-9-21(14(2)24)8-5-16(17)18(20-13)23-11-10-22-7-3-4-15(22)12-23/h15H,3-12H2,1-2H3/t15-/m0/s1. The van der Waals surface area contributed by atoms with Crippen molar-refractivity contribution in [2.45, 2.75) is 45.6 Å². The largest absolute Gasteiger partial charge is 0.353 e. The smallest absolute Gasteiger partial charge is 0.219 e. The van der Waals surface area contributed by atoms with Crippen LogP contribution in [-0.4, -0.2) is 71.0 Å². The summed E-state index contributed by atoms with van der Waals surface area (Å²) in [6.45, 7) is 9.74. The predicted octanol–water partition coefficient (Wildman–Crippen LogP) is 1.02. The van der Waals surface area contributed by atoms with E-state index in [1.165, 1.54) is 24.9 Å². The molecule has 0 spiro atoms. The number of aromatic nitrogens is 2. The zero-order chi connectivity index (χ0) is 16.7. The minimum Gasteiger partial charge on any atom is -0.353 e. The topological polar surface area (TPSA) is 52.6 Å². The third kappa shape index (κ3) is 2.88. The second kappa shape index (κ2) is 6.31. The summed E-state index contributed by atoms with van der Waals surface area (Å²) in [7, 11) is 0. The van der Waals surface area contributed by atoms with Crippen molar-refractivity contribution >= 4 is 11.7 Å². The molecule has 0 radical (unpaired) electrons. The van der Waals surface area contributed by atoms with Crippen LogP contribution in [0.15, 0.2) is 0 Å². The number of anilines is 1. The van der Waals surface area contributed by atoms with Gasteiger partial charge in [0.1, 0.15) is 11.6 Å². The third-order valence-corrected chi connectivity index (χ3v) is 5.77. The number of fused-ring (bicyclic) bond motifs is 2. The normalized spacial score (nSPS) is 24.5. The van der Waals surface area contributed by atoms with Crippen molar-refractivity contribution in [1.29, 1.82) is 0 Å². The molecule has 1 aromatic rings. The molecule has 0 aliphatic carbocycles. The van der Waals surface area contributed by atoms with Crippen LogP contribution in [0, 0.1) is 6.92 Å². The number of hydrogen-bond acceptors (Lipinski definition) is 5. The van der Waals surface area contributed by atoms with Gasteiger partial charge in [-0.3, -0.25) is 9.69 Å². The molecule has 1 atom stereocenters. The molecule has 130 valence electrons. The van der Waals surface area contributed by atoms with E-state index in [2.05, 4.69) is 9.80 Å². The predicted molar refractivity (Wildman–Crippen MR) is 93.2 cm³/mol. The highest BCUT2D eigenvalue weighted by Gasteiger charge is 2.33. The van der Waals surface area contributed by atoms with E-state index < -0.39 is 0 Å². The molecule has 3 aliphatic rings. The molecule has 2 fully saturated rings. The van der Waals surface area contributed by atoms with E-state index in [9.17, 15) is 4.79 Å². The van der Waals surface area contributed by atoms with E-state index in [0.717, 1.165) is 62.9 Å². The van der Waals surface area contributed by atoms with E-state index in [1.807, 2.05) is 11.8 Å². The van der Waals surface area contributed by atoms with Gasteiger partial charge in [0.05, 0.1) is 5.69 Å². The van der Waals surface area contributed by atoms with E-state index in [4.69, 9.17) is 9.97 Å². The molecule has 1 amide bonds. The lowest BCUT2D eigenvalue weighted by Crippen LogP contribution is -2.50. The second-order valence-electron chi connectivity index (χ2n) is 7.30. The van der Waals surface area contributed by atoms with Crippen LogP contribution in [0.25, 0.3) is 0 Å². The molecule has 24 heavy (non-hydrogen) atoms. The SMILES string of the molecule is CC(=O)N1CCc2nc(C)nc(N3CCN4CCC[C@H]4C3)c2CC1. The van der Waals surface area contributed by atoms with Crippen LogP contribution >= 0.6 is 0 Å². The van der Waals surface area contributed by atoms with Crippen LogP contribution in [-0.2, 0) is 17.6 Å². The Morgan fingerprint density at radius 2 is 1.92 bits per heavy atom. The number of carbonyl (C=O) groups excluding carboxylic acids is 1. The summed E-state index contributed by atoms with van der Waals surface area (Å²) < 4.78 is 0. The van der Waals surface area contributed by atoms with Gasteiger partial charge in [0, 0.05) is 57.7 Å². The molecule has 4 heterocycles. The van der Waals surface area contributed by atoms with E-state index in [0.29, 0.717) is 6.04 Å². The Hall–Kier alpha value is -1.69. The molecule has 2 saturated heterocycles. The summed E-state index contributed by atoms with van der Waals surface area (Å²) in [5, 5.41) is 0. The molecule has 1 aromatic heterocycles. The summed E-state index contributed by atoms with van der Waals surface area (Å²) in [4.78, 5) is 28.3. The number of rotatable bonds is 1. The lowest BCUT2D eigenvalue weighted by Gasteiger charge is -2.39. The van der Waals surface area contributed by atoms with Crippen LogP contribution < -0.4 is 4.90 Å². The average Bonchev–Trinajstić information content (AvgIpc) is 2.92. The number of nitrogens with zero attached hydrogens (tertiary/aromatic N) is 5. The Morgan fingerprint density at radius 1 is 1.08 bits per heavy atom. The summed E-state index contributed by atoms with van der Waals surface area (Å²) in [6.07, 6.45) is 4.35. The molecule has 3 aliphatic heterocycles. The fraction of sp³-hybridized carbons (Fsp3) is 0.722. The maximum absolute atomic E-state index is 11.8. The fourth-order valence-electron chi connectivity index (χ4n) is 4.46. The van der Waals surface area contributed by atoms with Crippen LogP contribution in [0.5, 0.6) is 0 Å². The molecule has 0 unspecified atom stereocenters. The van der Waals surface area contributed by atoms with Gasteiger partial charge in [-0.25, -0.2) is 9.97 Å². The molecule has 4 rings (SSSR count). The Kier molecular flexibility index (Phi) is 4.16. The second-order valence-corrected chi connectivity index (χ2v) is 7.30. The third-order valence-electron chi connectivity index (χ3n) is 5.77. The Labute approximate surface area is 143 Å². The molecule has 0 saturated carbocycles. The number of amides is 1. The number of aryl methyl sites for hydroxylation is 1. The Morgan fingerprint density at radius 3 is 2.75 bits per heavy atom. The van der Waals surface area contributed by atoms with Crippen molar-refractivity contribution in [3.63, 3.8) is 0 Å². The van der Waals surface area contributed by atoms with Gasteiger partial charge in [0.25, 0.3) is 0 Å². The lowest BCUT2D eigenvalue weighted by atomic mass is 10.1. The number of piperazine rings is 1. The van der Waals surface area contributed by atoms with Crippen molar-refractivity contribution in [2.75, 3.05) is 44.2 Å². The highest BCUT2D eigenvalue weighted by Crippen LogP contribution is 2.29. The molecule has 0 aromatic carbocycles. The minimum atomic E-state index is 0.161. The molecule has 0 bridgehead atoms.